The van der Waals surface area contributed by atoms with Gasteiger partial charge in [0.1, 0.15) is 0 Å². The monoisotopic (exact) mass is 555 g/mol. The van der Waals surface area contributed by atoms with Crippen LogP contribution in [-0.4, -0.2) is 59.0 Å². The number of aromatic amines is 1. The van der Waals surface area contributed by atoms with Crippen molar-refractivity contribution in [1.29, 1.82) is 0 Å². The standard InChI is InChI=1S/C31H46N3O4P/c1-2-20-39(37,21-16-27-23-26-8-3-4-9-29(26)33-27)34-30(31(35)36)22-25-10-12-28(13-11-25)38-19-6-5-7-24-14-17-32-18-15-24/h3-4,8-13,23-24,30,32-34,37,39H,2,5-7,14-22H2,1H3,(H,35,36)/t30-/m0/s1. The summed E-state index contributed by atoms with van der Waals surface area (Å²) in [5.41, 5.74) is 3.06. The van der Waals surface area contributed by atoms with Gasteiger partial charge in [-0.15, -0.1) is 0 Å². The SMILES string of the molecule is CCC[PH](O)(CCc1cc2ccccc2[nH]1)N[C@@H](Cc1ccc(OCCCCC2CCNCC2)cc1)C(=O)O. The van der Waals surface area contributed by atoms with Gasteiger partial charge in [-0.3, -0.25) is 0 Å². The van der Waals surface area contributed by atoms with E-state index in [0.717, 1.165) is 59.8 Å². The fraction of sp³-hybridized carbons (Fsp3) is 0.516. The van der Waals surface area contributed by atoms with E-state index in [0.29, 0.717) is 31.8 Å². The van der Waals surface area contributed by atoms with Crippen LogP contribution in [0.25, 0.3) is 10.9 Å². The molecule has 1 saturated heterocycles. The number of carboxylic acids is 1. The number of H-pyrrole nitrogens is 1. The zero-order valence-corrected chi connectivity index (χ0v) is 24.3. The molecule has 0 amide bonds. The quantitative estimate of drug-likeness (QED) is 0.118. The molecular formula is C31H46N3O4P. The molecule has 2 heterocycles. The number of carbonyl (C=O) groups is 1. The van der Waals surface area contributed by atoms with E-state index in [4.69, 9.17) is 4.74 Å². The fourth-order valence-corrected chi connectivity index (χ4v) is 8.59. The molecule has 3 aromatic rings. The number of hydrogen-bond acceptors (Lipinski definition) is 5. The Morgan fingerprint density at radius 3 is 2.59 bits per heavy atom. The Labute approximate surface area is 233 Å². The van der Waals surface area contributed by atoms with Crippen LogP contribution in [0.4, 0.5) is 0 Å². The number of piperidine rings is 1. The molecule has 39 heavy (non-hydrogen) atoms. The Morgan fingerprint density at radius 1 is 1.10 bits per heavy atom. The topological polar surface area (TPSA) is 107 Å². The molecule has 0 bridgehead atoms. The number of unbranched alkanes of at least 4 members (excludes halogenated alkanes) is 1. The second kappa shape index (κ2) is 14.8. The number of ether oxygens (including phenoxy) is 1. The first-order valence-corrected chi connectivity index (χ1v) is 17.0. The van der Waals surface area contributed by atoms with E-state index in [9.17, 15) is 14.8 Å². The van der Waals surface area contributed by atoms with Crippen molar-refractivity contribution in [3.05, 3.63) is 65.9 Å². The molecule has 4 rings (SSSR count). The minimum absolute atomic E-state index is 0.317. The third kappa shape index (κ3) is 9.32. The predicted octanol–water partition coefficient (Wildman–Crippen LogP) is 5.53. The van der Waals surface area contributed by atoms with Gasteiger partial charge in [0.15, 0.2) is 0 Å². The van der Waals surface area contributed by atoms with Crippen molar-refractivity contribution in [2.45, 2.75) is 64.3 Å². The van der Waals surface area contributed by atoms with Crippen LogP contribution in [0, 0.1) is 5.92 Å². The van der Waals surface area contributed by atoms with E-state index in [1.807, 2.05) is 49.4 Å². The van der Waals surface area contributed by atoms with Crippen molar-refractivity contribution in [1.82, 2.24) is 15.4 Å². The van der Waals surface area contributed by atoms with Crippen LogP contribution in [0.1, 0.15) is 56.7 Å². The molecule has 2 aromatic carbocycles. The molecule has 214 valence electrons. The number of rotatable bonds is 16. The molecule has 0 radical (unpaired) electrons. The number of carboxylic acid groups (broad SMARTS) is 1. The van der Waals surface area contributed by atoms with Gasteiger partial charge in [0.2, 0.25) is 0 Å². The third-order valence-electron chi connectivity index (χ3n) is 7.90. The first-order valence-electron chi connectivity index (χ1n) is 14.7. The second-order valence-electron chi connectivity index (χ2n) is 11.1. The maximum absolute atomic E-state index is 12.2. The van der Waals surface area contributed by atoms with Gasteiger partial charge in [-0.2, -0.15) is 0 Å². The number of nitrogens with one attached hydrogen (secondary N) is 3. The molecule has 1 fully saturated rings. The van der Waals surface area contributed by atoms with Crippen LogP contribution in [0.5, 0.6) is 5.75 Å². The van der Waals surface area contributed by atoms with Crippen LogP contribution in [-0.2, 0) is 17.6 Å². The summed E-state index contributed by atoms with van der Waals surface area (Å²) >= 11 is 0. The van der Waals surface area contributed by atoms with Crippen LogP contribution < -0.4 is 15.1 Å². The summed E-state index contributed by atoms with van der Waals surface area (Å²) in [6, 6.07) is 17.1. The molecule has 8 heteroatoms. The normalized spacial score (nSPS) is 15.8. The van der Waals surface area contributed by atoms with Crippen molar-refractivity contribution in [2.24, 2.45) is 5.92 Å². The van der Waals surface area contributed by atoms with Crippen LogP contribution in [0.15, 0.2) is 54.6 Å². The van der Waals surface area contributed by atoms with Gasteiger partial charge >= 0.3 is 196 Å². The van der Waals surface area contributed by atoms with E-state index < -0.39 is 19.7 Å². The van der Waals surface area contributed by atoms with Crippen molar-refractivity contribution >= 4 is 24.5 Å². The predicted molar refractivity (Wildman–Crippen MR) is 162 cm³/mol. The van der Waals surface area contributed by atoms with Gasteiger partial charge in [0, 0.05) is 0 Å². The Balaban J connectivity index is 1.26. The van der Waals surface area contributed by atoms with Gasteiger partial charge in [0.25, 0.3) is 0 Å². The molecule has 0 unspecified atom stereocenters. The number of fused-ring (bicyclic) bond motifs is 1. The summed E-state index contributed by atoms with van der Waals surface area (Å²) < 4.78 is 5.93. The van der Waals surface area contributed by atoms with E-state index in [1.165, 1.54) is 25.7 Å². The Bertz CT molecular complexity index is 1130. The summed E-state index contributed by atoms with van der Waals surface area (Å²) in [5, 5.41) is 17.8. The van der Waals surface area contributed by atoms with Crippen LogP contribution in [0.2, 0.25) is 0 Å². The van der Waals surface area contributed by atoms with E-state index in [2.05, 4.69) is 27.5 Å². The minimum atomic E-state index is -2.99. The van der Waals surface area contributed by atoms with Gasteiger partial charge < -0.3 is 5.32 Å². The van der Waals surface area contributed by atoms with Gasteiger partial charge in [-0.1, -0.05) is 0 Å². The Hall–Kier alpha value is -2.44. The molecule has 1 aromatic heterocycles. The summed E-state index contributed by atoms with van der Waals surface area (Å²) in [6.45, 7) is 5.04. The van der Waals surface area contributed by atoms with Crippen molar-refractivity contribution in [3.63, 3.8) is 0 Å². The third-order valence-corrected chi connectivity index (χ3v) is 11.2. The molecule has 1 aliphatic rings. The van der Waals surface area contributed by atoms with E-state index in [1.54, 1.807) is 0 Å². The van der Waals surface area contributed by atoms with Crippen LogP contribution in [0.3, 0.4) is 0 Å². The molecule has 7 nitrogen and oxygen atoms in total. The molecule has 0 aliphatic carbocycles. The van der Waals surface area contributed by atoms with Gasteiger partial charge in [-0.25, -0.2) is 0 Å². The first-order chi connectivity index (χ1) is 18.9. The number of aromatic nitrogens is 1. The van der Waals surface area contributed by atoms with Crippen molar-refractivity contribution < 1.29 is 19.5 Å². The van der Waals surface area contributed by atoms with Gasteiger partial charge in [0.05, 0.1) is 0 Å². The summed E-state index contributed by atoms with van der Waals surface area (Å²) in [6.07, 6.45) is 9.08. The number of benzene rings is 2. The van der Waals surface area contributed by atoms with Crippen LogP contribution >= 0.6 is 7.64 Å². The molecule has 0 saturated carbocycles. The molecule has 1 aliphatic heterocycles. The average Bonchev–Trinajstić information content (AvgIpc) is 3.36. The molecule has 1 atom stereocenters. The van der Waals surface area contributed by atoms with E-state index in [-0.39, 0.29) is 0 Å². The van der Waals surface area contributed by atoms with Crippen molar-refractivity contribution in [2.75, 3.05) is 32.0 Å². The first kappa shape index (κ1) is 29.5. The zero-order chi connectivity index (χ0) is 27.5. The summed E-state index contributed by atoms with van der Waals surface area (Å²) in [5.74, 6) is 0.736. The molecule has 0 spiro atoms. The summed E-state index contributed by atoms with van der Waals surface area (Å²) in [7, 11) is -2.99. The number of para-hydroxylation sites is 1. The Morgan fingerprint density at radius 2 is 1.87 bits per heavy atom. The van der Waals surface area contributed by atoms with Gasteiger partial charge in [-0.05, 0) is 31.8 Å². The second-order valence-corrected chi connectivity index (χ2v) is 14.4. The average molecular weight is 556 g/mol. The Kier molecular flexibility index (Phi) is 11.2. The molecular weight excluding hydrogens is 509 g/mol. The number of aliphatic carboxylic acids is 1. The zero-order valence-electron chi connectivity index (χ0n) is 23.3. The maximum atomic E-state index is 12.2. The number of hydrogen-bond donors (Lipinski definition) is 5. The molecule has 5 N–H and O–H groups in total. The number of aryl methyl sites for hydroxylation is 1. The summed E-state index contributed by atoms with van der Waals surface area (Å²) in [4.78, 5) is 27.1. The van der Waals surface area contributed by atoms with E-state index >= 15 is 0 Å². The fourth-order valence-electron chi connectivity index (χ4n) is 5.67. The van der Waals surface area contributed by atoms with Crippen molar-refractivity contribution in [3.8, 4) is 5.75 Å².